The Kier molecular flexibility index (Phi) is 5.99. The predicted molar refractivity (Wildman–Crippen MR) is 223 cm³/mol. The lowest BCUT2D eigenvalue weighted by Gasteiger charge is -2.11. The zero-order valence-corrected chi connectivity index (χ0v) is 29.0. The second kappa shape index (κ2) is 11.1. The first-order valence-electron chi connectivity index (χ1n) is 18.3. The molecule has 12 rings (SSSR count). The molecule has 250 valence electrons. The summed E-state index contributed by atoms with van der Waals surface area (Å²) in [6.45, 7) is 0. The third kappa shape index (κ3) is 4.18. The normalized spacial score (nSPS) is 12.1. The van der Waals surface area contributed by atoms with Crippen molar-refractivity contribution in [1.82, 2.24) is 23.9 Å². The van der Waals surface area contributed by atoms with Crippen LogP contribution in [-0.2, 0) is 0 Å². The second-order valence-corrected chi connectivity index (χ2v) is 14.1. The van der Waals surface area contributed by atoms with Crippen molar-refractivity contribution in [2.24, 2.45) is 0 Å². The minimum atomic E-state index is 0.640. The molecule has 0 radical (unpaired) electrons. The van der Waals surface area contributed by atoms with E-state index in [1.54, 1.807) is 0 Å². The van der Waals surface area contributed by atoms with Gasteiger partial charge in [0, 0.05) is 54.7 Å². The molecule has 0 fully saturated rings. The molecule has 0 aliphatic heterocycles. The highest BCUT2D eigenvalue weighted by atomic mass is 15.0. The Bertz CT molecular complexity index is 3360. The highest BCUT2D eigenvalue weighted by Gasteiger charge is 2.21. The predicted octanol–water partition coefficient (Wildman–Crippen LogP) is 12.3. The van der Waals surface area contributed by atoms with Gasteiger partial charge in [0.05, 0.1) is 27.6 Å². The maximum absolute atomic E-state index is 4.99. The minimum absolute atomic E-state index is 0.640. The number of aromatic nitrogens is 5. The van der Waals surface area contributed by atoms with Gasteiger partial charge in [0.1, 0.15) is 0 Å². The molecule has 8 aromatic carbocycles. The van der Waals surface area contributed by atoms with Gasteiger partial charge in [-0.25, -0.2) is 15.0 Å². The van der Waals surface area contributed by atoms with Gasteiger partial charge < -0.3 is 8.97 Å². The van der Waals surface area contributed by atoms with E-state index in [2.05, 4.69) is 124 Å². The van der Waals surface area contributed by atoms with Crippen LogP contribution in [-0.4, -0.2) is 23.9 Å². The standard InChI is InChI=1S/C49H29N5/c1-3-12-30(13-4-1)47-50-48(31-14-5-2-6-15-31)52-49(51-47)32-22-24-35(25-23-32)53-43-27-34-17-8-7-16-33(34)26-39(43)41-28-40-38-20-11-19-37-36-18-9-10-21-42(36)54(46(37)38)45(40)29-44(41)53/h1-29H. The summed E-state index contributed by atoms with van der Waals surface area (Å²) in [5.41, 5.74) is 9.99. The number of para-hydroxylation sites is 2. The van der Waals surface area contributed by atoms with Crippen molar-refractivity contribution in [3.8, 4) is 39.9 Å². The van der Waals surface area contributed by atoms with E-state index in [1.807, 2.05) is 60.7 Å². The van der Waals surface area contributed by atoms with Crippen LogP contribution < -0.4 is 0 Å². The van der Waals surface area contributed by atoms with Gasteiger partial charge in [-0.3, -0.25) is 0 Å². The summed E-state index contributed by atoms with van der Waals surface area (Å²) in [5, 5.41) is 10.1. The van der Waals surface area contributed by atoms with Crippen molar-refractivity contribution in [1.29, 1.82) is 0 Å². The molecule has 12 aromatic rings. The summed E-state index contributed by atoms with van der Waals surface area (Å²) in [7, 11) is 0. The van der Waals surface area contributed by atoms with Crippen LogP contribution in [0.5, 0.6) is 0 Å². The summed E-state index contributed by atoms with van der Waals surface area (Å²) in [5.74, 6) is 1.94. The summed E-state index contributed by atoms with van der Waals surface area (Å²) >= 11 is 0. The SMILES string of the molecule is c1ccc(-c2nc(-c3ccccc3)nc(-c3ccc(-n4c5cc6ccccc6cc5c5cc6c7cccc8c9ccccc9n(c6cc54)c87)cc3)n2)cc1. The smallest absolute Gasteiger partial charge is 0.164 e. The van der Waals surface area contributed by atoms with Gasteiger partial charge in [0.15, 0.2) is 17.5 Å². The molecule has 5 heteroatoms. The Morgan fingerprint density at radius 3 is 1.50 bits per heavy atom. The Morgan fingerprint density at radius 2 is 0.815 bits per heavy atom. The third-order valence-electron chi connectivity index (χ3n) is 11.1. The maximum atomic E-state index is 4.99. The zero-order valence-electron chi connectivity index (χ0n) is 29.0. The highest BCUT2D eigenvalue weighted by molar-refractivity contribution is 6.26. The van der Waals surface area contributed by atoms with Crippen LogP contribution in [0, 0.1) is 0 Å². The monoisotopic (exact) mass is 687 g/mol. The Labute approximate surface area is 309 Å². The van der Waals surface area contributed by atoms with Crippen LogP contribution in [0.4, 0.5) is 0 Å². The number of hydrogen-bond donors (Lipinski definition) is 0. The zero-order chi connectivity index (χ0) is 35.3. The Balaban J connectivity index is 1.10. The van der Waals surface area contributed by atoms with Crippen molar-refractivity contribution in [2.75, 3.05) is 0 Å². The quantitative estimate of drug-likeness (QED) is 0.185. The second-order valence-electron chi connectivity index (χ2n) is 14.1. The topological polar surface area (TPSA) is 48.0 Å². The molecule has 0 aliphatic carbocycles. The lowest BCUT2D eigenvalue weighted by molar-refractivity contribution is 1.07. The Hall–Kier alpha value is -7.37. The molecule has 0 spiro atoms. The summed E-state index contributed by atoms with van der Waals surface area (Å²) < 4.78 is 4.89. The van der Waals surface area contributed by atoms with E-state index in [4.69, 9.17) is 15.0 Å². The van der Waals surface area contributed by atoms with Crippen LogP contribution in [0.25, 0.3) is 111 Å². The van der Waals surface area contributed by atoms with Crippen molar-refractivity contribution in [2.45, 2.75) is 0 Å². The fraction of sp³-hybridized carbons (Fsp3) is 0. The highest BCUT2D eigenvalue weighted by Crippen LogP contribution is 2.43. The molecule has 54 heavy (non-hydrogen) atoms. The van der Waals surface area contributed by atoms with E-state index >= 15 is 0 Å². The molecule has 4 aromatic heterocycles. The minimum Gasteiger partial charge on any atom is -0.309 e. The van der Waals surface area contributed by atoms with Crippen LogP contribution in [0.2, 0.25) is 0 Å². The molecule has 5 nitrogen and oxygen atoms in total. The first kappa shape index (κ1) is 29.2. The fourth-order valence-corrected chi connectivity index (χ4v) is 8.60. The number of hydrogen-bond acceptors (Lipinski definition) is 3. The van der Waals surface area contributed by atoms with Crippen molar-refractivity contribution in [3.63, 3.8) is 0 Å². The molecule has 4 heterocycles. The number of rotatable bonds is 4. The van der Waals surface area contributed by atoms with Crippen molar-refractivity contribution < 1.29 is 0 Å². The molecular weight excluding hydrogens is 659 g/mol. The molecule has 0 atom stereocenters. The molecular formula is C49H29N5. The van der Waals surface area contributed by atoms with E-state index < -0.39 is 0 Å². The van der Waals surface area contributed by atoms with E-state index in [0.29, 0.717) is 17.5 Å². The van der Waals surface area contributed by atoms with Gasteiger partial charge in [0.25, 0.3) is 0 Å². The first-order chi connectivity index (χ1) is 26.8. The summed E-state index contributed by atoms with van der Waals surface area (Å²) in [6.07, 6.45) is 0. The average Bonchev–Trinajstić information content (AvgIpc) is 3.87. The fourth-order valence-electron chi connectivity index (χ4n) is 8.60. The van der Waals surface area contributed by atoms with Crippen LogP contribution >= 0.6 is 0 Å². The van der Waals surface area contributed by atoms with Gasteiger partial charge in [-0.15, -0.1) is 0 Å². The molecule has 0 amide bonds. The molecule has 0 aliphatic rings. The summed E-state index contributed by atoms with van der Waals surface area (Å²) in [4.78, 5) is 14.9. The lowest BCUT2D eigenvalue weighted by Crippen LogP contribution is -2.00. The van der Waals surface area contributed by atoms with E-state index in [-0.39, 0.29) is 0 Å². The van der Waals surface area contributed by atoms with E-state index in [0.717, 1.165) is 22.4 Å². The lowest BCUT2D eigenvalue weighted by atomic mass is 10.0. The molecule has 0 N–H and O–H groups in total. The number of benzene rings is 8. The Morgan fingerprint density at radius 1 is 0.315 bits per heavy atom. The molecule has 0 saturated heterocycles. The van der Waals surface area contributed by atoms with Gasteiger partial charge in [-0.1, -0.05) is 121 Å². The van der Waals surface area contributed by atoms with E-state index in [9.17, 15) is 0 Å². The summed E-state index contributed by atoms with van der Waals surface area (Å²) in [6, 6.07) is 62.6. The van der Waals surface area contributed by atoms with Crippen molar-refractivity contribution >= 4 is 70.7 Å². The number of fused-ring (bicyclic) bond motifs is 10. The van der Waals surface area contributed by atoms with Gasteiger partial charge in [-0.05, 0) is 65.4 Å². The van der Waals surface area contributed by atoms with Crippen LogP contribution in [0.1, 0.15) is 0 Å². The first-order valence-corrected chi connectivity index (χ1v) is 18.3. The van der Waals surface area contributed by atoms with Gasteiger partial charge in [0.2, 0.25) is 0 Å². The number of nitrogens with zero attached hydrogens (tertiary/aromatic N) is 5. The molecule has 0 unspecified atom stereocenters. The van der Waals surface area contributed by atoms with Gasteiger partial charge in [-0.2, -0.15) is 0 Å². The molecule has 0 saturated carbocycles. The van der Waals surface area contributed by atoms with Crippen LogP contribution in [0.3, 0.4) is 0 Å². The maximum Gasteiger partial charge on any atom is 0.164 e. The largest absolute Gasteiger partial charge is 0.309 e. The van der Waals surface area contributed by atoms with E-state index in [1.165, 1.54) is 70.7 Å². The average molecular weight is 688 g/mol. The molecule has 0 bridgehead atoms. The van der Waals surface area contributed by atoms with Gasteiger partial charge >= 0.3 is 0 Å². The van der Waals surface area contributed by atoms with Crippen LogP contribution in [0.15, 0.2) is 176 Å². The third-order valence-corrected chi connectivity index (χ3v) is 11.1. The van der Waals surface area contributed by atoms with Crippen molar-refractivity contribution in [3.05, 3.63) is 176 Å².